The van der Waals surface area contributed by atoms with Crippen molar-refractivity contribution < 1.29 is 4.74 Å². The number of hydrogen-bond donors (Lipinski definition) is 0. The standard InChI is InChI=1S/C11H15ClN2O/c1-14-4-2-3-10(14)8-15-11-5-9(12)6-13-7-11/h5-7,10H,2-4,8H2,1H3. The number of likely N-dealkylation sites (tertiary alicyclic amines) is 1. The van der Waals surface area contributed by atoms with Crippen LogP contribution in [0.3, 0.4) is 0 Å². The van der Waals surface area contributed by atoms with Gasteiger partial charge in [0.15, 0.2) is 0 Å². The zero-order valence-corrected chi connectivity index (χ0v) is 9.57. The Kier molecular flexibility index (Phi) is 3.44. The van der Waals surface area contributed by atoms with Crippen LogP contribution < -0.4 is 4.74 Å². The second-order valence-electron chi connectivity index (χ2n) is 3.93. The Morgan fingerprint density at radius 1 is 1.60 bits per heavy atom. The Labute approximate surface area is 95.0 Å². The molecule has 4 heteroatoms. The molecule has 1 saturated heterocycles. The minimum atomic E-state index is 0.531. The van der Waals surface area contributed by atoms with Gasteiger partial charge in [0.05, 0.1) is 11.2 Å². The summed E-state index contributed by atoms with van der Waals surface area (Å²) in [6.07, 6.45) is 5.78. The lowest BCUT2D eigenvalue weighted by Crippen LogP contribution is -2.30. The van der Waals surface area contributed by atoms with Crippen molar-refractivity contribution in [1.82, 2.24) is 9.88 Å². The third kappa shape index (κ3) is 2.83. The summed E-state index contributed by atoms with van der Waals surface area (Å²) in [5.74, 6) is 0.753. The largest absolute Gasteiger partial charge is 0.490 e. The van der Waals surface area contributed by atoms with Crippen molar-refractivity contribution in [3.8, 4) is 5.75 Å². The van der Waals surface area contributed by atoms with Crippen LogP contribution in [-0.2, 0) is 0 Å². The molecule has 15 heavy (non-hydrogen) atoms. The maximum absolute atomic E-state index is 5.82. The first kappa shape index (κ1) is 10.7. The number of likely N-dealkylation sites (N-methyl/N-ethyl adjacent to an activating group) is 1. The van der Waals surface area contributed by atoms with Crippen LogP contribution in [0.2, 0.25) is 5.02 Å². The van der Waals surface area contributed by atoms with Gasteiger partial charge in [-0.1, -0.05) is 11.6 Å². The third-order valence-corrected chi connectivity index (χ3v) is 3.00. The fourth-order valence-electron chi connectivity index (χ4n) is 1.85. The number of hydrogen-bond acceptors (Lipinski definition) is 3. The van der Waals surface area contributed by atoms with Crippen molar-refractivity contribution in [2.45, 2.75) is 18.9 Å². The Morgan fingerprint density at radius 2 is 2.47 bits per heavy atom. The van der Waals surface area contributed by atoms with E-state index in [-0.39, 0.29) is 0 Å². The minimum absolute atomic E-state index is 0.531. The summed E-state index contributed by atoms with van der Waals surface area (Å²) < 4.78 is 5.65. The molecule has 3 nitrogen and oxygen atoms in total. The molecule has 0 aromatic carbocycles. The van der Waals surface area contributed by atoms with Crippen molar-refractivity contribution in [2.75, 3.05) is 20.2 Å². The van der Waals surface area contributed by atoms with E-state index in [1.807, 2.05) is 0 Å². The molecule has 1 aliphatic heterocycles. The van der Waals surface area contributed by atoms with Gasteiger partial charge in [0.2, 0.25) is 0 Å². The molecule has 1 unspecified atom stereocenters. The second kappa shape index (κ2) is 4.81. The predicted molar refractivity (Wildman–Crippen MR) is 60.4 cm³/mol. The first-order valence-corrected chi connectivity index (χ1v) is 5.57. The van der Waals surface area contributed by atoms with Gasteiger partial charge in [0.25, 0.3) is 0 Å². The molecule has 1 fully saturated rings. The predicted octanol–water partition coefficient (Wildman–Crippen LogP) is 2.21. The molecule has 1 aromatic rings. The van der Waals surface area contributed by atoms with Crippen molar-refractivity contribution in [1.29, 1.82) is 0 Å². The number of pyridine rings is 1. The van der Waals surface area contributed by atoms with Gasteiger partial charge in [0.1, 0.15) is 12.4 Å². The molecule has 0 aliphatic carbocycles. The summed E-state index contributed by atoms with van der Waals surface area (Å²) >= 11 is 5.82. The van der Waals surface area contributed by atoms with Crippen LogP contribution in [-0.4, -0.2) is 36.1 Å². The van der Waals surface area contributed by atoms with Crippen LogP contribution >= 0.6 is 11.6 Å². The smallest absolute Gasteiger partial charge is 0.139 e. The van der Waals surface area contributed by atoms with E-state index in [2.05, 4.69) is 16.9 Å². The Balaban J connectivity index is 1.87. The first-order chi connectivity index (χ1) is 7.25. The molecule has 2 rings (SSSR count). The highest BCUT2D eigenvalue weighted by atomic mass is 35.5. The van der Waals surface area contributed by atoms with Crippen molar-refractivity contribution in [3.05, 3.63) is 23.5 Å². The van der Waals surface area contributed by atoms with Crippen LogP contribution in [0, 0.1) is 0 Å². The van der Waals surface area contributed by atoms with Crippen molar-refractivity contribution >= 4 is 11.6 Å². The normalized spacial score (nSPS) is 21.9. The highest BCUT2D eigenvalue weighted by Gasteiger charge is 2.21. The van der Waals surface area contributed by atoms with E-state index in [4.69, 9.17) is 16.3 Å². The highest BCUT2D eigenvalue weighted by molar-refractivity contribution is 6.30. The second-order valence-corrected chi connectivity index (χ2v) is 4.36. The van der Waals surface area contributed by atoms with Gasteiger partial charge in [-0.2, -0.15) is 0 Å². The van der Waals surface area contributed by atoms with E-state index in [0.29, 0.717) is 11.1 Å². The molecule has 1 aliphatic rings. The van der Waals surface area contributed by atoms with Gasteiger partial charge in [-0.3, -0.25) is 4.98 Å². The minimum Gasteiger partial charge on any atom is -0.490 e. The Morgan fingerprint density at radius 3 is 3.13 bits per heavy atom. The van der Waals surface area contributed by atoms with Gasteiger partial charge in [0, 0.05) is 18.3 Å². The quantitative estimate of drug-likeness (QED) is 0.790. The number of nitrogens with zero attached hydrogens (tertiary/aromatic N) is 2. The van der Waals surface area contributed by atoms with Gasteiger partial charge >= 0.3 is 0 Å². The lowest BCUT2D eigenvalue weighted by molar-refractivity contribution is 0.198. The van der Waals surface area contributed by atoms with Crippen LogP contribution in [0.4, 0.5) is 0 Å². The van der Waals surface area contributed by atoms with Gasteiger partial charge in [-0.15, -0.1) is 0 Å². The summed E-state index contributed by atoms with van der Waals surface area (Å²) in [6.45, 7) is 1.89. The monoisotopic (exact) mass is 226 g/mol. The van der Waals surface area contributed by atoms with E-state index < -0.39 is 0 Å². The number of ether oxygens (including phenoxy) is 1. The summed E-state index contributed by atoms with van der Waals surface area (Å²) in [7, 11) is 2.14. The lowest BCUT2D eigenvalue weighted by Gasteiger charge is -2.19. The molecule has 1 aromatic heterocycles. The lowest BCUT2D eigenvalue weighted by atomic mass is 10.2. The average molecular weight is 227 g/mol. The SMILES string of the molecule is CN1CCCC1COc1cncc(Cl)c1. The van der Waals surface area contributed by atoms with Crippen LogP contribution in [0.15, 0.2) is 18.5 Å². The first-order valence-electron chi connectivity index (χ1n) is 5.19. The summed E-state index contributed by atoms with van der Waals surface area (Å²) in [6, 6.07) is 2.33. The van der Waals surface area contributed by atoms with Crippen molar-refractivity contribution in [3.63, 3.8) is 0 Å². The fraction of sp³-hybridized carbons (Fsp3) is 0.545. The molecular weight excluding hydrogens is 212 g/mol. The van der Waals surface area contributed by atoms with Crippen LogP contribution in [0.25, 0.3) is 0 Å². The zero-order chi connectivity index (χ0) is 10.7. The molecule has 0 saturated carbocycles. The van der Waals surface area contributed by atoms with Crippen LogP contribution in [0.5, 0.6) is 5.75 Å². The highest BCUT2D eigenvalue weighted by Crippen LogP contribution is 2.18. The Hall–Kier alpha value is -0.800. The van der Waals surface area contributed by atoms with E-state index in [9.17, 15) is 0 Å². The molecule has 2 heterocycles. The van der Waals surface area contributed by atoms with Gasteiger partial charge in [-0.25, -0.2) is 0 Å². The molecule has 0 radical (unpaired) electrons. The molecular formula is C11H15ClN2O. The maximum Gasteiger partial charge on any atom is 0.139 e. The fourth-order valence-corrected chi connectivity index (χ4v) is 2.02. The van der Waals surface area contributed by atoms with E-state index in [1.165, 1.54) is 19.4 Å². The van der Waals surface area contributed by atoms with Gasteiger partial charge < -0.3 is 9.64 Å². The van der Waals surface area contributed by atoms with Crippen LogP contribution in [0.1, 0.15) is 12.8 Å². The molecule has 82 valence electrons. The number of rotatable bonds is 3. The molecule has 0 N–H and O–H groups in total. The Bertz CT molecular complexity index is 332. The van der Waals surface area contributed by atoms with E-state index in [1.54, 1.807) is 18.5 Å². The summed E-state index contributed by atoms with van der Waals surface area (Å²) in [4.78, 5) is 6.31. The van der Waals surface area contributed by atoms with E-state index >= 15 is 0 Å². The molecule has 1 atom stereocenters. The topological polar surface area (TPSA) is 25.4 Å². The molecule has 0 amide bonds. The molecule has 0 bridgehead atoms. The van der Waals surface area contributed by atoms with Crippen molar-refractivity contribution in [2.24, 2.45) is 0 Å². The maximum atomic E-state index is 5.82. The summed E-state index contributed by atoms with van der Waals surface area (Å²) in [5.41, 5.74) is 0. The third-order valence-electron chi connectivity index (χ3n) is 2.79. The number of halogens is 1. The van der Waals surface area contributed by atoms with E-state index in [0.717, 1.165) is 12.4 Å². The number of aromatic nitrogens is 1. The summed E-state index contributed by atoms with van der Waals surface area (Å²) in [5, 5.41) is 0.618. The zero-order valence-electron chi connectivity index (χ0n) is 8.82. The average Bonchev–Trinajstić information content (AvgIpc) is 2.61. The van der Waals surface area contributed by atoms with Gasteiger partial charge in [-0.05, 0) is 26.4 Å². The molecule has 0 spiro atoms.